The molecule has 0 saturated heterocycles. The Hall–Kier alpha value is -2.63. The molecular weight excluding hydrogens is 253 g/mol. The van der Waals surface area contributed by atoms with E-state index in [0.717, 1.165) is 0 Å². The number of ether oxygens (including phenoxy) is 2. The Balaban J connectivity index is 2.43. The van der Waals surface area contributed by atoms with E-state index in [1.807, 2.05) is 0 Å². The van der Waals surface area contributed by atoms with Crippen molar-refractivity contribution in [2.45, 2.75) is 0 Å². The van der Waals surface area contributed by atoms with Gasteiger partial charge in [0.05, 0.1) is 7.11 Å². The molecule has 0 saturated carbocycles. The average Bonchev–Trinajstić information content (AvgIpc) is 2.41. The first-order chi connectivity index (χ1) is 9.11. The molecule has 0 aliphatic rings. The highest BCUT2D eigenvalue weighted by Crippen LogP contribution is 2.29. The van der Waals surface area contributed by atoms with Gasteiger partial charge in [0.1, 0.15) is 17.1 Å². The van der Waals surface area contributed by atoms with Gasteiger partial charge in [-0.05, 0) is 24.3 Å². The number of benzene rings is 1. The van der Waals surface area contributed by atoms with Crippen LogP contribution in [0.3, 0.4) is 0 Å². The van der Waals surface area contributed by atoms with Crippen LogP contribution in [0.4, 0.5) is 4.39 Å². The topological polar surface area (TPSA) is 68.7 Å². The Morgan fingerprint density at radius 3 is 2.79 bits per heavy atom. The van der Waals surface area contributed by atoms with Crippen LogP contribution < -0.4 is 9.47 Å². The number of pyridine rings is 1. The van der Waals surface area contributed by atoms with E-state index in [2.05, 4.69) is 4.98 Å². The zero-order valence-electron chi connectivity index (χ0n) is 9.96. The van der Waals surface area contributed by atoms with Gasteiger partial charge < -0.3 is 14.6 Å². The van der Waals surface area contributed by atoms with Gasteiger partial charge in [-0.3, -0.25) is 0 Å². The van der Waals surface area contributed by atoms with Gasteiger partial charge in [-0.1, -0.05) is 0 Å². The second-order valence-corrected chi connectivity index (χ2v) is 3.56. The van der Waals surface area contributed by atoms with Crippen molar-refractivity contribution < 1.29 is 23.8 Å². The number of carboxylic acids is 1. The zero-order chi connectivity index (χ0) is 13.8. The molecule has 0 bridgehead atoms. The second-order valence-electron chi connectivity index (χ2n) is 3.56. The summed E-state index contributed by atoms with van der Waals surface area (Å²) in [4.78, 5) is 14.8. The Morgan fingerprint density at radius 2 is 2.16 bits per heavy atom. The van der Waals surface area contributed by atoms with E-state index in [-0.39, 0.29) is 17.2 Å². The summed E-state index contributed by atoms with van der Waals surface area (Å²) in [6, 6.07) is 6.73. The summed E-state index contributed by atoms with van der Waals surface area (Å²) in [5.41, 5.74) is -0.106. The van der Waals surface area contributed by atoms with Gasteiger partial charge in [0.2, 0.25) is 0 Å². The minimum Gasteiger partial charge on any atom is -0.497 e. The van der Waals surface area contributed by atoms with Crippen LogP contribution in [0.5, 0.6) is 17.4 Å². The minimum absolute atomic E-state index is 0.0375. The van der Waals surface area contributed by atoms with Crippen molar-refractivity contribution in [3.8, 4) is 17.4 Å². The molecule has 0 fully saturated rings. The maximum Gasteiger partial charge on any atom is 0.339 e. The smallest absolute Gasteiger partial charge is 0.339 e. The molecule has 2 aromatic rings. The van der Waals surface area contributed by atoms with Crippen LogP contribution in [0.1, 0.15) is 10.4 Å². The van der Waals surface area contributed by atoms with Gasteiger partial charge in [-0.2, -0.15) is 0 Å². The lowest BCUT2D eigenvalue weighted by Crippen LogP contribution is -2.02. The quantitative estimate of drug-likeness (QED) is 0.918. The molecule has 0 aliphatic carbocycles. The molecule has 5 nitrogen and oxygen atoms in total. The van der Waals surface area contributed by atoms with Gasteiger partial charge >= 0.3 is 5.97 Å². The lowest BCUT2D eigenvalue weighted by atomic mass is 10.2. The van der Waals surface area contributed by atoms with E-state index in [4.69, 9.17) is 14.6 Å². The predicted octanol–water partition coefficient (Wildman–Crippen LogP) is 2.72. The normalized spacial score (nSPS) is 10.0. The molecule has 2 rings (SSSR count). The lowest BCUT2D eigenvalue weighted by Gasteiger charge is -2.09. The summed E-state index contributed by atoms with van der Waals surface area (Å²) in [7, 11) is 1.43. The fourth-order valence-electron chi connectivity index (χ4n) is 1.44. The van der Waals surface area contributed by atoms with Crippen molar-refractivity contribution in [1.82, 2.24) is 4.98 Å². The molecule has 1 heterocycles. The molecule has 0 radical (unpaired) electrons. The molecule has 6 heteroatoms. The van der Waals surface area contributed by atoms with Crippen LogP contribution in [0.15, 0.2) is 36.5 Å². The van der Waals surface area contributed by atoms with Crippen LogP contribution in [-0.2, 0) is 0 Å². The zero-order valence-corrected chi connectivity index (χ0v) is 9.96. The van der Waals surface area contributed by atoms with Crippen molar-refractivity contribution in [2.75, 3.05) is 7.11 Å². The van der Waals surface area contributed by atoms with E-state index in [1.165, 1.54) is 43.6 Å². The van der Waals surface area contributed by atoms with E-state index in [9.17, 15) is 9.18 Å². The highest BCUT2D eigenvalue weighted by molar-refractivity contribution is 5.91. The number of nitrogens with zero attached hydrogens (tertiary/aromatic N) is 1. The van der Waals surface area contributed by atoms with Crippen LogP contribution >= 0.6 is 0 Å². The van der Waals surface area contributed by atoms with Gasteiger partial charge in [0.15, 0.2) is 5.82 Å². The van der Waals surface area contributed by atoms with Crippen LogP contribution in [0.25, 0.3) is 0 Å². The average molecular weight is 263 g/mol. The fraction of sp³-hybridized carbons (Fsp3) is 0.0769. The van der Waals surface area contributed by atoms with Gasteiger partial charge in [0.25, 0.3) is 5.88 Å². The fourth-order valence-corrected chi connectivity index (χ4v) is 1.44. The third-order valence-corrected chi connectivity index (χ3v) is 2.35. The van der Waals surface area contributed by atoms with Crippen LogP contribution in [-0.4, -0.2) is 23.2 Å². The van der Waals surface area contributed by atoms with Crippen molar-refractivity contribution in [1.29, 1.82) is 0 Å². The van der Waals surface area contributed by atoms with Crippen molar-refractivity contribution >= 4 is 5.97 Å². The van der Waals surface area contributed by atoms with Crippen molar-refractivity contribution in [3.63, 3.8) is 0 Å². The Labute approximate surface area is 108 Å². The van der Waals surface area contributed by atoms with E-state index in [1.54, 1.807) is 0 Å². The molecule has 1 N–H and O–H groups in total. The molecule has 0 aliphatic heterocycles. The summed E-state index contributed by atoms with van der Waals surface area (Å²) in [5, 5.41) is 9.04. The third kappa shape index (κ3) is 2.79. The lowest BCUT2D eigenvalue weighted by molar-refractivity contribution is 0.0694. The monoisotopic (exact) mass is 263 g/mol. The van der Waals surface area contributed by atoms with E-state index >= 15 is 0 Å². The maximum atomic E-state index is 13.4. The number of aromatic carboxylic acids is 1. The minimum atomic E-state index is -1.19. The number of carbonyl (C=O) groups is 1. The number of hydrogen-bond donors (Lipinski definition) is 1. The maximum absolute atomic E-state index is 13.4. The predicted molar refractivity (Wildman–Crippen MR) is 64.2 cm³/mol. The summed E-state index contributed by atoms with van der Waals surface area (Å²) in [6.07, 6.45) is 1.35. The highest BCUT2D eigenvalue weighted by atomic mass is 19.1. The third-order valence-electron chi connectivity index (χ3n) is 2.35. The second kappa shape index (κ2) is 5.34. The molecule has 0 atom stereocenters. The van der Waals surface area contributed by atoms with Gasteiger partial charge in [-0.15, -0.1) is 0 Å². The first-order valence-corrected chi connectivity index (χ1v) is 5.31. The largest absolute Gasteiger partial charge is 0.497 e. The number of halogens is 1. The first kappa shape index (κ1) is 12.8. The molecule has 1 aromatic heterocycles. The first-order valence-electron chi connectivity index (χ1n) is 5.31. The number of methoxy groups -OCH3 is 1. The summed E-state index contributed by atoms with van der Waals surface area (Å²) in [6.45, 7) is 0. The molecule has 98 valence electrons. The van der Waals surface area contributed by atoms with Crippen molar-refractivity contribution in [2.24, 2.45) is 0 Å². The molecular formula is C13H10FNO4. The Kier molecular flexibility index (Phi) is 3.61. The van der Waals surface area contributed by atoms with Crippen molar-refractivity contribution in [3.05, 3.63) is 47.9 Å². The van der Waals surface area contributed by atoms with Gasteiger partial charge in [-0.25, -0.2) is 14.2 Å². The molecule has 0 unspecified atom stereocenters. The standard InChI is InChI=1S/C13H10FNO4/c1-18-8-4-5-9(13(16)17)11(7-8)19-12-10(14)3-2-6-15-12/h2-7H,1H3,(H,16,17). The highest BCUT2D eigenvalue weighted by Gasteiger charge is 2.15. The summed E-state index contributed by atoms with van der Waals surface area (Å²) < 4.78 is 23.6. The molecule has 19 heavy (non-hydrogen) atoms. The van der Waals surface area contributed by atoms with E-state index < -0.39 is 11.8 Å². The number of aromatic nitrogens is 1. The Morgan fingerprint density at radius 1 is 1.37 bits per heavy atom. The van der Waals surface area contributed by atoms with Crippen LogP contribution in [0.2, 0.25) is 0 Å². The number of rotatable bonds is 4. The number of hydrogen-bond acceptors (Lipinski definition) is 4. The van der Waals surface area contributed by atoms with Crippen LogP contribution in [0, 0.1) is 5.82 Å². The Bertz CT molecular complexity index is 615. The van der Waals surface area contributed by atoms with E-state index in [0.29, 0.717) is 5.75 Å². The molecule has 0 amide bonds. The SMILES string of the molecule is COc1ccc(C(=O)O)c(Oc2ncccc2F)c1. The summed E-state index contributed by atoms with van der Waals surface area (Å²) >= 11 is 0. The van der Waals surface area contributed by atoms with Gasteiger partial charge in [0, 0.05) is 12.3 Å². The number of carboxylic acid groups (broad SMARTS) is 1. The molecule has 1 aromatic carbocycles. The molecule has 0 spiro atoms. The summed E-state index contributed by atoms with van der Waals surface area (Å²) in [5.74, 6) is -1.80.